The molecule has 0 saturated carbocycles. The number of carbonyl (C=O) groups excluding carboxylic acids is 1. The molecule has 3 nitrogen and oxygen atoms in total. The molecule has 4 heteroatoms. The lowest BCUT2D eigenvalue weighted by Gasteiger charge is -2.09. The summed E-state index contributed by atoms with van der Waals surface area (Å²) in [5.74, 6) is -0.362. The Kier molecular flexibility index (Phi) is 3.99. The first-order valence-electron chi connectivity index (χ1n) is 5.40. The third-order valence-electron chi connectivity index (χ3n) is 2.43. The van der Waals surface area contributed by atoms with Crippen LogP contribution >= 0.6 is 15.9 Å². The van der Waals surface area contributed by atoms with Gasteiger partial charge in [0.2, 0.25) is 0 Å². The Morgan fingerprint density at radius 3 is 2.50 bits per heavy atom. The van der Waals surface area contributed by atoms with Crippen molar-refractivity contribution in [2.75, 3.05) is 12.4 Å². The van der Waals surface area contributed by atoms with Crippen molar-refractivity contribution in [3.8, 4) is 0 Å². The molecule has 0 amide bonds. The van der Waals surface area contributed by atoms with Gasteiger partial charge in [-0.1, -0.05) is 18.2 Å². The average Bonchev–Trinajstić information content (AvgIpc) is 2.41. The molecule has 0 bridgehead atoms. The van der Waals surface area contributed by atoms with Gasteiger partial charge in [0.25, 0.3) is 0 Å². The smallest absolute Gasteiger partial charge is 0.339 e. The molecule has 0 atom stereocenters. The fourth-order valence-corrected chi connectivity index (χ4v) is 1.97. The second-order valence-electron chi connectivity index (χ2n) is 3.68. The first-order valence-corrected chi connectivity index (χ1v) is 6.20. The number of anilines is 2. The van der Waals surface area contributed by atoms with Crippen LogP contribution in [-0.2, 0) is 4.74 Å². The largest absolute Gasteiger partial charge is 0.465 e. The van der Waals surface area contributed by atoms with Crippen LogP contribution in [0.15, 0.2) is 53.0 Å². The molecule has 2 aromatic carbocycles. The Morgan fingerprint density at radius 1 is 1.11 bits per heavy atom. The standard InChI is InChI=1S/C14H12BrNO2/c1-18-14(17)12-9-11(7-8-13(12)15)16-10-5-3-2-4-6-10/h2-9,16H,1H3. The van der Waals surface area contributed by atoms with Crippen LogP contribution in [0.2, 0.25) is 0 Å². The summed E-state index contributed by atoms with van der Waals surface area (Å²) < 4.78 is 5.44. The van der Waals surface area contributed by atoms with E-state index in [1.54, 1.807) is 6.07 Å². The first kappa shape index (κ1) is 12.6. The van der Waals surface area contributed by atoms with Crippen molar-refractivity contribution in [2.45, 2.75) is 0 Å². The van der Waals surface area contributed by atoms with Crippen molar-refractivity contribution in [1.29, 1.82) is 0 Å². The lowest BCUT2D eigenvalue weighted by molar-refractivity contribution is 0.0600. The van der Waals surface area contributed by atoms with Crippen LogP contribution in [0.1, 0.15) is 10.4 Å². The number of rotatable bonds is 3. The SMILES string of the molecule is COC(=O)c1cc(Nc2ccccc2)ccc1Br. The highest BCUT2D eigenvalue weighted by Crippen LogP contribution is 2.24. The van der Waals surface area contributed by atoms with Crippen LogP contribution < -0.4 is 5.32 Å². The van der Waals surface area contributed by atoms with Gasteiger partial charge in [-0.05, 0) is 46.3 Å². The van der Waals surface area contributed by atoms with Gasteiger partial charge in [-0.2, -0.15) is 0 Å². The number of nitrogens with one attached hydrogen (secondary N) is 1. The van der Waals surface area contributed by atoms with E-state index in [4.69, 9.17) is 4.74 Å². The van der Waals surface area contributed by atoms with Crippen molar-refractivity contribution >= 4 is 33.3 Å². The molecule has 92 valence electrons. The number of carbonyl (C=O) groups is 1. The van der Waals surface area contributed by atoms with Crippen molar-refractivity contribution in [2.24, 2.45) is 0 Å². The highest BCUT2D eigenvalue weighted by Gasteiger charge is 2.10. The zero-order valence-corrected chi connectivity index (χ0v) is 11.4. The Morgan fingerprint density at radius 2 is 1.83 bits per heavy atom. The molecule has 0 spiro atoms. The summed E-state index contributed by atoms with van der Waals surface area (Å²) in [6.07, 6.45) is 0. The number of halogens is 1. The average molecular weight is 306 g/mol. The van der Waals surface area contributed by atoms with Crippen LogP contribution in [0.4, 0.5) is 11.4 Å². The first-order chi connectivity index (χ1) is 8.70. The van der Waals surface area contributed by atoms with Gasteiger partial charge in [-0.25, -0.2) is 4.79 Å². The van der Waals surface area contributed by atoms with Crippen molar-refractivity contribution in [1.82, 2.24) is 0 Å². The summed E-state index contributed by atoms with van der Waals surface area (Å²) in [7, 11) is 1.37. The molecule has 18 heavy (non-hydrogen) atoms. The monoisotopic (exact) mass is 305 g/mol. The predicted molar refractivity (Wildman–Crippen MR) is 75.2 cm³/mol. The topological polar surface area (TPSA) is 38.3 Å². The van der Waals surface area contributed by atoms with Gasteiger partial charge in [-0.3, -0.25) is 0 Å². The zero-order chi connectivity index (χ0) is 13.0. The molecule has 0 unspecified atom stereocenters. The molecular formula is C14H12BrNO2. The summed E-state index contributed by atoms with van der Waals surface area (Å²) in [5, 5.41) is 3.22. The fourth-order valence-electron chi connectivity index (χ4n) is 1.56. The van der Waals surface area contributed by atoms with E-state index in [1.807, 2.05) is 42.5 Å². The van der Waals surface area contributed by atoms with Crippen molar-refractivity contribution < 1.29 is 9.53 Å². The molecule has 0 aliphatic rings. The number of hydrogen-bond acceptors (Lipinski definition) is 3. The molecule has 0 heterocycles. The van der Waals surface area contributed by atoms with Crippen LogP contribution in [0.25, 0.3) is 0 Å². The Bertz CT molecular complexity index is 555. The Labute approximate surface area is 114 Å². The third kappa shape index (κ3) is 2.90. The van der Waals surface area contributed by atoms with E-state index < -0.39 is 0 Å². The second kappa shape index (κ2) is 5.69. The molecule has 0 fully saturated rings. The number of esters is 1. The number of para-hydroxylation sites is 1. The summed E-state index contributed by atoms with van der Waals surface area (Å²) in [5.41, 5.74) is 2.30. The van der Waals surface area contributed by atoms with Crippen molar-refractivity contribution in [3.63, 3.8) is 0 Å². The van der Waals surface area contributed by atoms with Gasteiger partial charge < -0.3 is 10.1 Å². The molecule has 1 N–H and O–H groups in total. The lowest BCUT2D eigenvalue weighted by atomic mass is 10.2. The Hall–Kier alpha value is -1.81. The van der Waals surface area contributed by atoms with E-state index in [1.165, 1.54) is 7.11 Å². The van der Waals surface area contributed by atoms with E-state index in [9.17, 15) is 4.79 Å². The molecule has 0 aromatic heterocycles. The second-order valence-corrected chi connectivity index (χ2v) is 4.53. The van der Waals surface area contributed by atoms with Crippen LogP contribution in [0, 0.1) is 0 Å². The van der Waals surface area contributed by atoms with E-state index in [0.29, 0.717) is 10.0 Å². The summed E-state index contributed by atoms with van der Waals surface area (Å²) in [4.78, 5) is 11.6. The molecule has 0 aliphatic carbocycles. The maximum Gasteiger partial charge on any atom is 0.339 e. The molecule has 0 aliphatic heterocycles. The summed E-state index contributed by atoms with van der Waals surface area (Å²) in [6.45, 7) is 0. The minimum absolute atomic E-state index is 0.362. The zero-order valence-electron chi connectivity index (χ0n) is 9.81. The predicted octanol–water partition coefficient (Wildman–Crippen LogP) is 3.98. The summed E-state index contributed by atoms with van der Waals surface area (Å²) in [6, 6.07) is 15.2. The Balaban J connectivity index is 2.27. The van der Waals surface area contributed by atoms with Crippen molar-refractivity contribution in [3.05, 3.63) is 58.6 Å². The third-order valence-corrected chi connectivity index (χ3v) is 3.13. The molecule has 0 radical (unpaired) electrons. The van der Waals surface area contributed by atoms with Gasteiger partial charge in [0.15, 0.2) is 0 Å². The number of hydrogen-bond donors (Lipinski definition) is 1. The van der Waals surface area contributed by atoms with Gasteiger partial charge in [0, 0.05) is 15.8 Å². The quantitative estimate of drug-likeness (QED) is 0.872. The van der Waals surface area contributed by atoms with Gasteiger partial charge >= 0.3 is 5.97 Å². The van der Waals surface area contributed by atoms with E-state index in [2.05, 4.69) is 21.2 Å². The summed E-state index contributed by atoms with van der Waals surface area (Å²) >= 11 is 3.33. The van der Waals surface area contributed by atoms with Gasteiger partial charge in [0.05, 0.1) is 12.7 Å². The minimum atomic E-state index is -0.362. The minimum Gasteiger partial charge on any atom is -0.465 e. The normalized spacial score (nSPS) is 9.89. The number of ether oxygens (including phenoxy) is 1. The molecule has 2 aromatic rings. The molecule has 0 saturated heterocycles. The molecule has 2 rings (SSSR count). The van der Waals surface area contributed by atoms with E-state index in [-0.39, 0.29) is 5.97 Å². The van der Waals surface area contributed by atoms with Crippen LogP contribution in [-0.4, -0.2) is 13.1 Å². The highest BCUT2D eigenvalue weighted by molar-refractivity contribution is 9.10. The maximum absolute atomic E-state index is 11.6. The van der Waals surface area contributed by atoms with Crippen LogP contribution in [0.5, 0.6) is 0 Å². The maximum atomic E-state index is 11.6. The molecular weight excluding hydrogens is 294 g/mol. The van der Waals surface area contributed by atoms with Gasteiger partial charge in [0.1, 0.15) is 0 Å². The van der Waals surface area contributed by atoms with Gasteiger partial charge in [-0.15, -0.1) is 0 Å². The van der Waals surface area contributed by atoms with E-state index >= 15 is 0 Å². The number of benzene rings is 2. The fraction of sp³-hybridized carbons (Fsp3) is 0.0714. The van der Waals surface area contributed by atoms with E-state index in [0.717, 1.165) is 11.4 Å². The number of methoxy groups -OCH3 is 1. The van der Waals surface area contributed by atoms with Crippen LogP contribution in [0.3, 0.4) is 0 Å². The lowest BCUT2D eigenvalue weighted by Crippen LogP contribution is -2.03. The highest BCUT2D eigenvalue weighted by atomic mass is 79.9.